The molecule has 0 aliphatic carbocycles. The number of hydrogen-bond acceptors (Lipinski definition) is 3. The molecule has 74 valence electrons. The normalized spacial score (nSPS) is 25.3. The molecule has 0 bridgehead atoms. The lowest BCUT2D eigenvalue weighted by molar-refractivity contribution is 1.15. The van der Waals surface area contributed by atoms with Gasteiger partial charge in [0.15, 0.2) is 0 Å². The Labute approximate surface area is 87.7 Å². The maximum atomic E-state index is 4.10. The molecule has 0 fully saturated rings. The van der Waals surface area contributed by atoms with Crippen LogP contribution >= 0.6 is 0 Å². The van der Waals surface area contributed by atoms with Gasteiger partial charge in [-0.15, -0.1) is 0 Å². The first-order chi connectivity index (χ1) is 7.47. The van der Waals surface area contributed by atoms with Crippen molar-refractivity contribution in [2.75, 3.05) is 0 Å². The van der Waals surface area contributed by atoms with E-state index >= 15 is 0 Å². The molecule has 1 aliphatic heterocycles. The van der Waals surface area contributed by atoms with Crippen LogP contribution in [0.25, 0.3) is 6.20 Å². The van der Waals surface area contributed by atoms with Gasteiger partial charge in [-0.25, -0.2) is 0 Å². The highest BCUT2D eigenvalue weighted by atomic mass is 15.0. The highest BCUT2D eigenvalue weighted by molar-refractivity contribution is 6.16. The summed E-state index contributed by atoms with van der Waals surface area (Å²) in [7, 11) is 0. The van der Waals surface area contributed by atoms with Crippen LogP contribution in [0.2, 0.25) is 0 Å². The Hall–Kier alpha value is -2.23. The van der Waals surface area contributed by atoms with E-state index in [1.54, 1.807) is 37.2 Å². The van der Waals surface area contributed by atoms with Gasteiger partial charge in [0.2, 0.25) is 0 Å². The lowest BCUT2D eigenvalue weighted by Gasteiger charge is -1.95. The fraction of sp³-hybridized carbons (Fsp3) is 0. The fourth-order valence-corrected chi connectivity index (χ4v) is 1.13. The first-order valence-corrected chi connectivity index (χ1v) is 4.53. The molecule has 4 heteroatoms. The molecule has 0 atom stereocenters. The quantitative estimate of drug-likeness (QED) is 0.611. The summed E-state index contributed by atoms with van der Waals surface area (Å²) < 4.78 is 1.94. The average Bonchev–Trinajstić information content (AvgIpc) is 2.65. The second-order valence-electron chi connectivity index (χ2n) is 2.81. The average molecular weight is 198 g/mol. The Bertz CT molecular complexity index is 420. The van der Waals surface area contributed by atoms with E-state index in [0.29, 0.717) is 0 Å². The van der Waals surface area contributed by atoms with Gasteiger partial charge in [0.25, 0.3) is 0 Å². The molecule has 0 N–H and O–H groups in total. The highest BCUT2D eigenvalue weighted by Gasteiger charge is 1.92. The molecule has 0 saturated heterocycles. The molecule has 2 rings (SSSR count). The molecular formula is C11H10N4. The SMILES string of the molecule is C1=C\N=C\c2cccn2/C=C/N=C/C=N/1. The van der Waals surface area contributed by atoms with E-state index in [1.165, 1.54) is 0 Å². The highest BCUT2D eigenvalue weighted by Crippen LogP contribution is 2.00. The van der Waals surface area contributed by atoms with Crippen LogP contribution in [0.5, 0.6) is 0 Å². The smallest absolute Gasteiger partial charge is 0.0634 e. The predicted molar refractivity (Wildman–Crippen MR) is 63.5 cm³/mol. The van der Waals surface area contributed by atoms with E-state index in [1.807, 2.05) is 29.1 Å². The Morgan fingerprint density at radius 1 is 0.933 bits per heavy atom. The van der Waals surface area contributed by atoms with Crippen LogP contribution in [0.3, 0.4) is 0 Å². The van der Waals surface area contributed by atoms with Crippen molar-refractivity contribution in [2.24, 2.45) is 15.0 Å². The summed E-state index contributed by atoms with van der Waals surface area (Å²) in [5.74, 6) is 0. The van der Waals surface area contributed by atoms with Crippen molar-refractivity contribution in [1.29, 1.82) is 0 Å². The van der Waals surface area contributed by atoms with Crippen LogP contribution < -0.4 is 0 Å². The van der Waals surface area contributed by atoms with Gasteiger partial charge in [-0.05, 0) is 12.1 Å². The van der Waals surface area contributed by atoms with Crippen molar-refractivity contribution < 1.29 is 0 Å². The first-order valence-electron chi connectivity index (χ1n) is 4.53. The third-order valence-corrected chi connectivity index (χ3v) is 1.81. The summed E-state index contributed by atoms with van der Waals surface area (Å²) in [6.45, 7) is 0. The predicted octanol–water partition coefficient (Wildman–Crippen LogP) is 1.96. The third kappa shape index (κ3) is 2.60. The zero-order valence-corrected chi connectivity index (χ0v) is 8.06. The standard InChI is InChI=1S/C11H10N4/c1-2-11-10-14-6-5-12-3-4-13-7-9-15(11)8-1/h1-10H/b6-5-,9-7+,12-3+,13-4+,14-10+. The summed E-state index contributed by atoms with van der Waals surface area (Å²) in [6, 6.07) is 3.93. The van der Waals surface area contributed by atoms with E-state index in [-0.39, 0.29) is 0 Å². The van der Waals surface area contributed by atoms with Gasteiger partial charge < -0.3 is 4.57 Å². The van der Waals surface area contributed by atoms with Gasteiger partial charge in [0.05, 0.1) is 11.9 Å². The van der Waals surface area contributed by atoms with Crippen LogP contribution in [0, 0.1) is 0 Å². The van der Waals surface area contributed by atoms with Crippen molar-refractivity contribution in [2.45, 2.75) is 0 Å². The van der Waals surface area contributed by atoms with Gasteiger partial charge in [-0.2, -0.15) is 0 Å². The Morgan fingerprint density at radius 3 is 2.67 bits per heavy atom. The molecule has 0 spiro atoms. The summed E-state index contributed by atoms with van der Waals surface area (Å²) in [5.41, 5.74) is 0.996. The Kier molecular flexibility index (Phi) is 3.02. The topological polar surface area (TPSA) is 42.0 Å². The van der Waals surface area contributed by atoms with E-state index in [4.69, 9.17) is 0 Å². The van der Waals surface area contributed by atoms with Crippen LogP contribution in [0.15, 0.2) is 51.9 Å². The number of rotatable bonds is 0. The molecule has 4 nitrogen and oxygen atoms in total. The molecule has 0 radical (unpaired) electrons. The van der Waals surface area contributed by atoms with Crippen LogP contribution in [0.4, 0.5) is 0 Å². The Morgan fingerprint density at radius 2 is 1.73 bits per heavy atom. The molecule has 1 aromatic rings. The lowest BCUT2D eigenvalue weighted by Crippen LogP contribution is -1.91. The van der Waals surface area contributed by atoms with Gasteiger partial charge in [-0.3, -0.25) is 15.0 Å². The lowest BCUT2D eigenvalue weighted by atomic mass is 10.4. The van der Waals surface area contributed by atoms with Gasteiger partial charge in [0, 0.05) is 43.4 Å². The van der Waals surface area contributed by atoms with Crippen molar-refractivity contribution >= 4 is 24.8 Å². The van der Waals surface area contributed by atoms with Crippen molar-refractivity contribution in [3.05, 3.63) is 42.6 Å². The third-order valence-electron chi connectivity index (χ3n) is 1.81. The minimum absolute atomic E-state index is 0.996. The number of hydrogen-bond donors (Lipinski definition) is 0. The molecule has 2 heterocycles. The summed E-state index contributed by atoms with van der Waals surface area (Å²) >= 11 is 0. The maximum Gasteiger partial charge on any atom is 0.0634 e. The van der Waals surface area contributed by atoms with E-state index < -0.39 is 0 Å². The van der Waals surface area contributed by atoms with Crippen molar-refractivity contribution in [1.82, 2.24) is 4.57 Å². The minimum atomic E-state index is 0.996. The molecule has 0 amide bonds. The zero-order chi connectivity index (χ0) is 10.3. The van der Waals surface area contributed by atoms with Crippen molar-refractivity contribution in [3.63, 3.8) is 0 Å². The monoisotopic (exact) mass is 198 g/mol. The molecular weight excluding hydrogens is 188 g/mol. The van der Waals surface area contributed by atoms with Crippen LogP contribution in [0.1, 0.15) is 5.69 Å². The van der Waals surface area contributed by atoms with Crippen LogP contribution in [-0.2, 0) is 0 Å². The summed E-state index contributed by atoms with van der Waals surface area (Å²) in [5, 5.41) is 0. The molecule has 0 aromatic carbocycles. The maximum absolute atomic E-state index is 4.10. The number of fused-ring (bicyclic) bond motifs is 1. The Balaban J connectivity index is 2.34. The fourth-order valence-electron chi connectivity index (χ4n) is 1.13. The van der Waals surface area contributed by atoms with E-state index in [9.17, 15) is 0 Å². The van der Waals surface area contributed by atoms with E-state index in [0.717, 1.165) is 5.69 Å². The van der Waals surface area contributed by atoms with Crippen molar-refractivity contribution in [3.8, 4) is 0 Å². The molecule has 1 aliphatic rings. The minimum Gasteiger partial charge on any atom is -0.321 e. The van der Waals surface area contributed by atoms with Gasteiger partial charge >= 0.3 is 0 Å². The second-order valence-corrected chi connectivity index (χ2v) is 2.81. The number of nitrogens with zero attached hydrogens (tertiary/aromatic N) is 4. The molecule has 0 unspecified atom stereocenters. The second kappa shape index (κ2) is 4.85. The largest absolute Gasteiger partial charge is 0.321 e. The molecule has 1 aromatic heterocycles. The van der Waals surface area contributed by atoms with Gasteiger partial charge in [-0.1, -0.05) is 0 Å². The molecule has 0 saturated carbocycles. The number of aliphatic imine (C=N–C) groups is 3. The first kappa shape index (κ1) is 9.33. The van der Waals surface area contributed by atoms with Gasteiger partial charge in [0.1, 0.15) is 0 Å². The zero-order valence-electron chi connectivity index (χ0n) is 8.06. The summed E-state index contributed by atoms with van der Waals surface area (Å²) in [6.07, 6.45) is 13.7. The molecule has 15 heavy (non-hydrogen) atoms. The number of aromatic nitrogens is 1. The van der Waals surface area contributed by atoms with Crippen LogP contribution in [-0.4, -0.2) is 23.2 Å². The van der Waals surface area contributed by atoms with E-state index in [2.05, 4.69) is 15.0 Å². The summed E-state index contributed by atoms with van der Waals surface area (Å²) in [4.78, 5) is 12.1.